The molecule has 2 rings (SSSR count). The first-order valence-electron chi connectivity index (χ1n) is 6.59. The van der Waals surface area contributed by atoms with Crippen LogP contribution >= 0.6 is 0 Å². The van der Waals surface area contributed by atoms with E-state index in [2.05, 4.69) is 35.2 Å². The molecule has 2 heterocycles. The number of hydrogen-bond acceptors (Lipinski definition) is 3. The molecule has 17 heavy (non-hydrogen) atoms. The predicted octanol–water partition coefficient (Wildman–Crippen LogP) is 1.81. The highest BCUT2D eigenvalue weighted by molar-refractivity contribution is 5.08. The molecular formula is C13H24N4. The standard InChI is InChI=1S/C13H24N4/c1-10(2)17-9-15-7-13(17)12(6-14)16-5-4-11(3)8-16/h7,9-12H,4-6,8,14H2,1-3H3. The van der Waals surface area contributed by atoms with Crippen molar-refractivity contribution in [3.8, 4) is 0 Å². The molecule has 2 N–H and O–H groups in total. The van der Waals surface area contributed by atoms with Gasteiger partial charge < -0.3 is 10.3 Å². The smallest absolute Gasteiger partial charge is 0.0951 e. The van der Waals surface area contributed by atoms with Gasteiger partial charge in [0.15, 0.2) is 0 Å². The molecule has 1 aromatic rings. The van der Waals surface area contributed by atoms with Crippen molar-refractivity contribution in [1.82, 2.24) is 14.5 Å². The third kappa shape index (κ3) is 2.53. The molecule has 0 radical (unpaired) electrons. The van der Waals surface area contributed by atoms with Crippen LogP contribution in [0.2, 0.25) is 0 Å². The minimum atomic E-state index is 0.324. The van der Waals surface area contributed by atoms with Crippen LogP contribution in [0.3, 0.4) is 0 Å². The molecule has 4 heteroatoms. The molecule has 0 saturated carbocycles. The summed E-state index contributed by atoms with van der Waals surface area (Å²) < 4.78 is 2.24. The second kappa shape index (κ2) is 5.19. The monoisotopic (exact) mass is 236 g/mol. The quantitative estimate of drug-likeness (QED) is 0.867. The van der Waals surface area contributed by atoms with Gasteiger partial charge in [0.1, 0.15) is 0 Å². The summed E-state index contributed by atoms with van der Waals surface area (Å²) >= 11 is 0. The fourth-order valence-electron chi connectivity index (χ4n) is 2.71. The van der Waals surface area contributed by atoms with E-state index >= 15 is 0 Å². The van der Waals surface area contributed by atoms with Crippen molar-refractivity contribution < 1.29 is 0 Å². The van der Waals surface area contributed by atoms with Gasteiger partial charge in [0, 0.05) is 25.3 Å². The Labute approximate surface area is 104 Å². The molecule has 1 aliphatic rings. The number of aromatic nitrogens is 2. The van der Waals surface area contributed by atoms with E-state index in [1.54, 1.807) is 0 Å². The lowest BCUT2D eigenvalue weighted by molar-refractivity contribution is 0.232. The first kappa shape index (κ1) is 12.6. The number of nitrogens with zero attached hydrogens (tertiary/aromatic N) is 3. The summed E-state index contributed by atoms with van der Waals surface area (Å²) in [5.74, 6) is 0.791. The van der Waals surface area contributed by atoms with Gasteiger partial charge in [-0.25, -0.2) is 4.98 Å². The Kier molecular flexibility index (Phi) is 3.84. The Morgan fingerprint density at radius 3 is 2.82 bits per heavy atom. The summed E-state index contributed by atoms with van der Waals surface area (Å²) in [5, 5.41) is 0. The SMILES string of the molecule is CC1CCN(C(CN)c2cncn2C(C)C)C1. The number of nitrogens with two attached hydrogens (primary N) is 1. The summed E-state index contributed by atoms with van der Waals surface area (Å²) in [6.07, 6.45) is 5.18. The summed E-state index contributed by atoms with van der Waals surface area (Å²) in [5.41, 5.74) is 7.24. The molecule has 0 bridgehead atoms. The normalized spacial score (nSPS) is 23.5. The van der Waals surface area contributed by atoms with Gasteiger partial charge in [-0.2, -0.15) is 0 Å². The van der Waals surface area contributed by atoms with E-state index < -0.39 is 0 Å². The lowest BCUT2D eigenvalue weighted by Gasteiger charge is -2.28. The Balaban J connectivity index is 2.20. The zero-order chi connectivity index (χ0) is 12.4. The Bertz CT molecular complexity index is 358. The van der Waals surface area contributed by atoms with Crippen LogP contribution in [-0.2, 0) is 0 Å². The molecule has 1 aromatic heterocycles. The van der Waals surface area contributed by atoms with Crippen LogP contribution in [0.5, 0.6) is 0 Å². The molecule has 1 fully saturated rings. The zero-order valence-corrected chi connectivity index (χ0v) is 11.1. The largest absolute Gasteiger partial charge is 0.331 e. The summed E-state index contributed by atoms with van der Waals surface area (Å²) in [6.45, 7) is 9.67. The lowest BCUT2D eigenvalue weighted by Crippen LogP contribution is -2.33. The summed E-state index contributed by atoms with van der Waals surface area (Å²) in [7, 11) is 0. The van der Waals surface area contributed by atoms with Gasteiger partial charge in [-0.05, 0) is 32.7 Å². The minimum absolute atomic E-state index is 0.324. The fourth-order valence-corrected chi connectivity index (χ4v) is 2.71. The predicted molar refractivity (Wildman–Crippen MR) is 69.8 cm³/mol. The van der Waals surface area contributed by atoms with E-state index in [1.165, 1.54) is 12.1 Å². The average Bonchev–Trinajstić information content (AvgIpc) is 2.89. The average molecular weight is 236 g/mol. The van der Waals surface area contributed by atoms with Crippen molar-refractivity contribution in [2.45, 2.75) is 39.3 Å². The maximum Gasteiger partial charge on any atom is 0.0951 e. The molecule has 0 spiro atoms. The van der Waals surface area contributed by atoms with Gasteiger partial charge in [-0.3, -0.25) is 4.90 Å². The number of likely N-dealkylation sites (tertiary alicyclic amines) is 1. The van der Waals surface area contributed by atoms with Crippen molar-refractivity contribution in [1.29, 1.82) is 0 Å². The third-order valence-electron chi connectivity index (χ3n) is 3.71. The van der Waals surface area contributed by atoms with Crippen molar-refractivity contribution in [3.05, 3.63) is 18.2 Å². The highest BCUT2D eigenvalue weighted by atomic mass is 15.2. The minimum Gasteiger partial charge on any atom is -0.331 e. The van der Waals surface area contributed by atoms with Gasteiger partial charge in [-0.1, -0.05) is 6.92 Å². The van der Waals surface area contributed by atoms with E-state index in [0.717, 1.165) is 19.0 Å². The first-order chi connectivity index (χ1) is 8.13. The van der Waals surface area contributed by atoms with Gasteiger partial charge in [0.2, 0.25) is 0 Å². The maximum absolute atomic E-state index is 5.98. The molecule has 2 atom stereocenters. The van der Waals surface area contributed by atoms with Gasteiger partial charge in [0.05, 0.1) is 18.1 Å². The number of rotatable bonds is 4. The van der Waals surface area contributed by atoms with Crippen molar-refractivity contribution in [2.75, 3.05) is 19.6 Å². The highest BCUT2D eigenvalue weighted by Gasteiger charge is 2.28. The zero-order valence-electron chi connectivity index (χ0n) is 11.1. The molecule has 96 valence electrons. The Morgan fingerprint density at radius 1 is 1.53 bits per heavy atom. The van der Waals surface area contributed by atoms with Crippen molar-refractivity contribution in [3.63, 3.8) is 0 Å². The van der Waals surface area contributed by atoms with Crippen LogP contribution in [0, 0.1) is 5.92 Å². The van der Waals surface area contributed by atoms with Crippen LogP contribution in [0.1, 0.15) is 45.0 Å². The maximum atomic E-state index is 5.98. The van der Waals surface area contributed by atoms with Crippen LogP contribution in [0.15, 0.2) is 12.5 Å². The Hall–Kier alpha value is -0.870. The highest BCUT2D eigenvalue weighted by Crippen LogP contribution is 2.27. The molecule has 1 saturated heterocycles. The first-order valence-corrected chi connectivity index (χ1v) is 6.59. The van der Waals surface area contributed by atoms with E-state index in [-0.39, 0.29) is 0 Å². The van der Waals surface area contributed by atoms with E-state index in [1.807, 2.05) is 12.5 Å². The fraction of sp³-hybridized carbons (Fsp3) is 0.769. The number of imidazole rings is 1. The van der Waals surface area contributed by atoms with Crippen molar-refractivity contribution in [2.24, 2.45) is 11.7 Å². The second-order valence-electron chi connectivity index (χ2n) is 5.46. The summed E-state index contributed by atoms with van der Waals surface area (Å²) in [6, 6.07) is 0.770. The Morgan fingerprint density at radius 2 is 2.29 bits per heavy atom. The van der Waals surface area contributed by atoms with Crippen LogP contribution in [0.25, 0.3) is 0 Å². The lowest BCUT2D eigenvalue weighted by atomic mass is 10.1. The van der Waals surface area contributed by atoms with E-state index in [0.29, 0.717) is 18.6 Å². The van der Waals surface area contributed by atoms with Gasteiger partial charge in [-0.15, -0.1) is 0 Å². The van der Waals surface area contributed by atoms with Crippen LogP contribution < -0.4 is 5.73 Å². The molecule has 1 aliphatic heterocycles. The molecule has 4 nitrogen and oxygen atoms in total. The van der Waals surface area contributed by atoms with Crippen LogP contribution in [0.4, 0.5) is 0 Å². The van der Waals surface area contributed by atoms with Crippen molar-refractivity contribution >= 4 is 0 Å². The summed E-state index contributed by atoms with van der Waals surface area (Å²) in [4.78, 5) is 6.78. The molecule has 0 aromatic carbocycles. The van der Waals surface area contributed by atoms with Gasteiger partial charge >= 0.3 is 0 Å². The van der Waals surface area contributed by atoms with Gasteiger partial charge in [0.25, 0.3) is 0 Å². The molecular weight excluding hydrogens is 212 g/mol. The molecule has 0 amide bonds. The topological polar surface area (TPSA) is 47.1 Å². The van der Waals surface area contributed by atoms with E-state index in [4.69, 9.17) is 5.73 Å². The molecule has 0 aliphatic carbocycles. The third-order valence-corrected chi connectivity index (χ3v) is 3.71. The van der Waals surface area contributed by atoms with Crippen LogP contribution in [-0.4, -0.2) is 34.1 Å². The van der Waals surface area contributed by atoms with E-state index in [9.17, 15) is 0 Å². The second-order valence-corrected chi connectivity index (χ2v) is 5.46. The number of hydrogen-bond donors (Lipinski definition) is 1. The molecule has 2 unspecified atom stereocenters.